The Kier molecular flexibility index (Phi) is 5.92. The molecule has 1 amide bonds. The van der Waals surface area contributed by atoms with Gasteiger partial charge in [0.25, 0.3) is 15.9 Å². The van der Waals surface area contributed by atoms with E-state index in [2.05, 4.69) is 9.71 Å². The molecule has 12 heteroatoms. The number of hydrogen-bond acceptors (Lipinski definition) is 7. The molecular weight excluding hydrogens is 545 g/mol. The van der Waals surface area contributed by atoms with Crippen LogP contribution in [-0.2, 0) is 37.0 Å². The van der Waals surface area contributed by atoms with E-state index in [0.29, 0.717) is 11.1 Å². The van der Waals surface area contributed by atoms with E-state index in [9.17, 15) is 31.1 Å². The van der Waals surface area contributed by atoms with Gasteiger partial charge >= 0.3 is 0 Å². The van der Waals surface area contributed by atoms with Gasteiger partial charge in [-0.2, -0.15) is 8.42 Å². The predicted octanol–water partition coefficient (Wildman–Crippen LogP) is 3.46. The van der Waals surface area contributed by atoms with Crippen molar-refractivity contribution in [2.45, 2.75) is 49.4 Å². The number of halogens is 1. The summed E-state index contributed by atoms with van der Waals surface area (Å²) in [4.78, 5) is 15.5. The second-order valence-electron chi connectivity index (χ2n) is 11.1. The van der Waals surface area contributed by atoms with Gasteiger partial charge in [0.1, 0.15) is 22.0 Å². The summed E-state index contributed by atoms with van der Waals surface area (Å²) in [7, 11) is -7.71. The molecule has 2 aliphatic carbocycles. The summed E-state index contributed by atoms with van der Waals surface area (Å²) in [6.07, 6.45) is 3.77. The van der Waals surface area contributed by atoms with Crippen molar-refractivity contribution in [3.8, 4) is 0 Å². The number of sulfonamides is 1. The second-order valence-corrected chi connectivity index (χ2v) is 14.8. The first-order valence-electron chi connectivity index (χ1n) is 12.7. The Hall–Kier alpha value is -3.25. The number of amides is 1. The van der Waals surface area contributed by atoms with Crippen molar-refractivity contribution in [2.24, 2.45) is 22.2 Å². The molecular formula is C27H28FN3O6S2. The number of carbonyl (C=O) groups excluding carboxylic acids is 1. The van der Waals surface area contributed by atoms with Gasteiger partial charge in [-0.15, -0.1) is 4.40 Å². The number of anilines is 1. The molecule has 9 nitrogen and oxygen atoms in total. The normalized spacial score (nSPS) is 27.2. The SMILES string of the molecule is Cc1cc(CN2C(=O)C(C3=NS(=O)(=O)c4cc(CS(C)(=O)=O)ccc4N3)=C(O)C3C2[C@@H]2CC[C@H]3C2)ccc1F. The van der Waals surface area contributed by atoms with Crippen molar-refractivity contribution in [1.29, 1.82) is 0 Å². The Balaban J connectivity index is 1.41. The van der Waals surface area contributed by atoms with Crippen LogP contribution in [0.15, 0.2) is 57.0 Å². The van der Waals surface area contributed by atoms with Gasteiger partial charge in [-0.25, -0.2) is 12.8 Å². The third kappa shape index (κ3) is 4.43. The Labute approximate surface area is 226 Å². The minimum absolute atomic E-state index is 0.140. The molecule has 206 valence electrons. The average Bonchev–Trinajstić information content (AvgIpc) is 3.46. The number of hydrogen-bond donors (Lipinski definition) is 2. The van der Waals surface area contributed by atoms with Crippen LogP contribution in [0.1, 0.15) is 36.0 Å². The quantitative estimate of drug-likeness (QED) is 0.560. The predicted molar refractivity (Wildman–Crippen MR) is 143 cm³/mol. The summed E-state index contributed by atoms with van der Waals surface area (Å²) in [5, 5.41) is 14.3. The van der Waals surface area contributed by atoms with Crippen molar-refractivity contribution < 1.29 is 31.1 Å². The molecule has 4 atom stereocenters. The molecule has 2 saturated carbocycles. The van der Waals surface area contributed by atoms with Gasteiger partial charge in [-0.05, 0) is 72.9 Å². The maximum atomic E-state index is 14.0. The molecule has 0 aromatic heterocycles. The first-order chi connectivity index (χ1) is 18.3. The molecule has 2 bridgehead atoms. The fraction of sp³-hybridized carbons (Fsp3) is 0.407. The molecule has 2 unspecified atom stereocenters. The lowest BCUT2D eigenvalue weighted by Gasteiger charge is -2.44. The van der Waals surface area contributed by atoms with Gasteiger partial charge in [0.15, 0.2) is 15.7 Å². The molecule has 6 rings (SSSR count). The summed E-state index contributed by atoms with van der Waals surface area (Å²) >= 11 is 0. The number of benzene rings is 2. The zero-order valence-corrected chi connectivity index (χ0v) is 23.0. The highest BCUT2D eigenvalue weighted by atomic mass is 32.2. The van der Waals surface area contributed by atoms with E-state index in [-0.39, 0.29) is 69.7 Å². The summed E-state index contributed by atoms with van der Waals surface area (Å²) in [5.74, 6) is -1.60. The minimum atomic E-state index is -4.31. The van der Waals surface area contributed by atoms with Crippen LogP contribution in [0.3, 0.4) is 0 Å². The summed E-state index contributed by atoms with van der Waals surface area (Å²) < 4.78 is 67.6. The standard InChI is InChI=1S/C27H28FN3O6S2/c1-14-9-15(3-7-19(14)28)12-31-24-18-6-5-17(11-18)22(24)25(32)23(27(31)33)26-29-20-8-4-16(13-38(2,34)35)10-21(20)39(36,37)30-26/h3-4,7-10,17-18,22,24,32H,5-6,11-13H2,1-2H3,(H,29,30)/t17-,18+,22?,24?/m0/s1. The zero-order chi connectivity index (χ0) is 27.9. The van der Waals surface area contributed by atoms with Gasteiger partial charge in [0, 0.05) is 24.8 Å². The summed E-state index contributed by atoms with van der Waals surface area (Å²) in [6.45, 7) is 1.84. The summed E-state index contributed by atoms with van der Waals surface area (Å²) in [5.41, 5.74) is 1.44. The van der Waals surface area contributed by atoms with Gasteiger partial charge in [-0.3, -0.25) is 4.79 Å². The Morgan fingerprint density at radius 2 is 1.85 bits per heavy atom. The number of fused-ring (bicyclic) bond motifs is 6. The van der Waals surface area contributed by atoms with Crippen LogP contribution in [-0.4, -0.2) is 50.9 Å². The van der Waals surface area contributed by atoms with Crippen LogP contribution in [0.4, 0.5) is 10.1 Å². The van der Waals surface area contributed by atoms with E-state index in [1.54, 1.807) is 24.0 Å². The summed E-state index contributed by atoms with van der Waals surface area (Å²) in [6, 6.07) is 8.63. The Morgan fingerprint density at radius 1 is 1.13 bits per heavy atom. The van der Waals surface area contributed by atoms with E-state index in [1.165, 1.54) is 24.3 Å². The highest BCUT2D eigenvalue weighted by molar-refractivity contribution is 7.90. The van der Waals surface area contributed by atoms with Crippen molar-refractivity contribution in [3.05, 3.63) is 70.2 Å². The van der Waals surface area contributed by atoms with Crippen molar-refractivity contribution >= 4 is 37.3 Å². The zero-order valence-electron chi connectivity index (χ0n) is 21.4. The van der Waals surface area contributed by atoms with Crippen LogP contribution in [0.5, 0.6) is 0 Å². The smallest absolute Gasteiger partial charge is 0.286 e. The third-order valence-corrected chi connectivity index (χ3v) is 10.5. The van der Waals surface area contributed by atoms with E-state index < -0.39 is 25.8 Å². The Bertz CT molecular complexity index is 1700. The first kappa shape index (κ1) is 26.0. The maximum absolute atomic E-state index is 14.0. The number of nitrogens with one attached hydrogen (secondary N) is 1. The average molecular weight is 574 g/mol. The lowest BCUT2D eigenvalue weighted by molar-refractivity contribution is -0.134. The van der Waals surface area contributed by atoms with Crippen LogP contribution in [0, 0.1) is 30.5 Å². The maximum Gasteiger partial charge on any atom is 0.286 e. The molecule has 39 heavy (non-hydrogen) atoms. The largest absolute Gasteiger partial charge is 0.511 e. The molecule has 0 radical (unpaired) electrons. The number of aryl methyl sites for hydroxylation is 1. The molecule has 0 spiro atoms. The number of amidine groups is 1. The molecule has 2 N–H and O–H groups in total. The topological polar surface area (TPSA) is 133 Å². The van der Waals surface area contributed by atoms with Gasteiger partial charge in [-0.1, -0.05) is 18.2 Å². The number of rotatable bonds is 5. The molecule has 2 aromatic rings. The van der Waals surface area contributed by atoms with Crippen LogP contribution < -0.4 is 5.32 Å². The second kappa shape index (κ2) is 8.88. The fourth-order valence-electron chi connectivity index (χ4n) is 6.76. The number of carbonyl (C=O) groups is 1. The van der Waals surface area contributed by atoms with Gasteiger partial charge in [0.2, 0.25) is 0 Å². The number of sulfone groups is 1. The van der Waals surface area contributed by atoms with Crippen LogP contribution >= 0.6 is 0 Å². The van der Waals surface area contributed by atoms with E-state index in [0.717, 1.165) is 31.1 Å². The highest BCUT2D eigenvalue weighted by Gasteiger charge is 2.57. The monoisotopic (exact) mass is 573 g/mol. The number of aliphatic hydroxyl groups excluding tert-OH is 1. The van der Waals surface area contributed by atoms with Gasteiger partial charge in [0.05, 0.1) is 11.4 Å². The third-order valence-electron chi connectivity index (χ3n) is 8.31. The lowest BCUT2D eigenvalue weighted by atomic mass is 9.77. The van der Waals surface area contributed by atoms with Crippen molar-refractivity contribution in [1.82, 2.24) is 4.90 Å². The first-order valence-corrected chi connectivity index (χ1v) is 16.2. The van der Waals surface area contributed by atoms with E-state index >= 15 is 0 Å². The Morgan fingerprint density at radius 3 is 2.56 bits per heavy atom. The molecule has 4 aliphatic rings. The fourth-order valence-corrected chi connectivity index (χ4v) is 8.71. The van der Waals surface area contributed by atoms with Crippen molar-refractivity contribution in [3.63, 3.8) is 0 Å². The molecule has 2 heterocycles. The van der Waals surface area contributed by atoms with Crippen LogP contribution in [0.25, 0.3) is 0 Å². The molecule has 2 fully saturated rings. The minimum Gasteiger partial charge on any atom is -0.511 e. The number of aliphatic hydroxyl groups is 1. The van der Waals surface area contributed by atoms with E-state index in [4.69, 9.17) is 0 Å². The number of nitrogens with zero attached hydrogens (tertiary/aromatic N) is 2. The highest BCUT2D eigenvalue weighted by Crippen LogP contribution is 2.55. The van der Waals surface area contributed by atoms with Crippen LogP contribution in [0.2, 0.25) is 0 Å². The molecule has 2 aliphatic heterocycles. The molecule has 0 saturated heterocycles. The van der Waals surface area contributed by atoms with Gasteiger partial charge < -0.3 is 15.3 Å². The van der Waals surface area contributed by atoms with E-state index in [1.807, 2.05) is 0 Å². The molecule has 2 aromatic carbocycles. The lowest BCUT2D eigenvalue weighted by Crippen LogP contribution is -2.53. The van der Waals surface area contributed by atoms with Crippen molar-refractivity contribution in [2.75, 3.05) is 11.6 Å².